The summed E-state index contributed by atoms with van der Waals surface area (Å²) in [7, 11) is 0. The molecule has 1 rings (SSSR count). The summed E-state index contributed by atoms with van der Waals surface area (Å²) < 4.78 is 25.5. The van der Waals surface area contributed by atoms with Crippen LogP contribution in [0.2, 0.25) is 0 Å². The zero-order chi connectivity index (χ0) is 12.3. The lowest BCUT2D eigenvalue weighted by Gasteiger charge is -2.36. The van der Waals surface area contributed by atoms with Gasteiger partial charge in [-0.2, -0.15) is 0 Å². The van der Waals surface area contributed by atoms with Crippen LogP contribution in [0.5, 0.6) is 0 Å². The fourth-order valence-electron chi connectivity index (χ4n) is 2.79. The van der Waals surface area contributed by atoms with Crippen LogP contribution >= 0.6 is 0 Å². The van der Waals surface area contributed by atoms with Crippen molar-refractivity contribution in [2.45, 2.75) is 65.5 Å². The van der Waals surface area contributed by atoms with Gasteiger partial charge in [0, 0.05) is 18.0 Å². The first-order valence-corrected chi connectivity index (χ1v) is 6.47. The van der Waals surface area contributed by atoms with Gasteiger partial charge in [-0.05, 0) is 45.6 Å². The van der Waals surface area contributed by atoms with E-state index < -0.39 is 6.43 Å². The van der Waals surface area contributed by atoms with Gasteiger partial charge in [0.25, 0.3) is 0 Å². The summed E-state index contributed by atoms with van der Waals surface area (Å²) in [5, 5.41) is 0. The molecule has 96 valence electrons. The molecule has 0 spiro atoms. The Balaban J connectivity index is 2.69. The minimum Gasteiger partial charge on any atom is -0.298 e. The fourth-order valence-corrected chi connectivity index (χ4v) is 2.79. The van der Waals surface area contributed by atoms with Crippen LogP contribution in [0.25, 0.3) is 0 Å². The van der Waals surface area contributed by atoms with E-state index in [-0.39, 0.29) is 5.92 Å². The van der Waals surface area contributed by atoms with Crippen molar-refractivity contribution in [2.75, 3.05) is 6.54 Å². The van der Waals surface area contributed by atoms with E-state index in [1.54, 1.807) is 0 Å². The van der Waals surface area contributed by atoms with Crippen LogP contribution in [0.4, 0.5) is 8.78 Å². The molecule has 0 radical (unpaired) electrons. The second-order valence-corrected chi connectivity index (χ2v) is 5.60. The summed E-state index contributed by atoms with van der Waals surface area (Å²) in [6.45, 7) is 9.55. The lowest BCUT2D eigenvalue weighted by atomic mass is 9.94. The predicted molar refractivity (Wildman–Crippen MR) is 63.8 cm³/mol. The molecule has 1 fully saturated rings. The summed E-state index contributed by atoms with van der Waals surface area (Å²) in [5.74, 6) is 0.170. The molecule has 1 nitrogen and oxygen atoms in total. The van der Waals surface area contributed by atoms with Gasteiger partial charge in [0.05, 0.1) is 0 Å². The SMILES string of the molecule is CC(C)C1CCC(C(F)F)CCN1C(C)C. The first kappa shape index (κ1) is 13.9. The monoisotopic (exact) mass is 233 g/mol. The number of rotatable bonds is 3. The molecular formula is C13H25F2N. The highest BCUT2D eigenvalue weighted by Gasteiger charge is 2.31. The smallest absolute Gasteiger partial charge is 0.241 e. The van der Waals surface area contributed by atoms with Crippen LogP contribution in [-0.2, 0) is 0 Å². The van der Waals surface area contributed by atoms with Gasteiger partial charge in [-0.25, -0.2) is 8.78 Å². The van der Waals surface area contributed by atoms with Crippen molar-refractivity contribution in [3.05, 3.63) is 0 Å². The third-order valence-electron chi connectivity index (χ3n) is 3.81. The Morgan fingerprint density at radius 1 is 1.00 bits per heavy atom. The number of hydrogen-bond acceptors (Lipinski definition) is 1. The van der Waals surface area contributed by atoms with Crippen molar-refractivity contribution in [1.82, 2.24) is 4.90 Å². The molecule has 16 heavy (non-hydrogen) atoms. The zero-order valence-corrected chi connectivity index (χ0v) is 10.9. The third-order valence-corrected chi connectivity index (χ3v) is 3.81. The topological polar surface area (TPSA) is 3.24 Å². The van der Waals surface area contributed by atoms with E-state index in [9.17, 15) is 8.78 Å². The van der Waals surface area contributed by atoms with E-state index in [1.165, 1.54) is 0 Å². The molecule has 1 saturated heterocycles. The van der Waals surface area contributed by atoms with E-state index in [4.69, 9.17) is 0 Å². The van der Waals surface area contributed by atoms with Crippen LogP contribution in [0, 0.1) is 11.8 Å². The Bertz CT molecular complexity index is 186. The third kappa shape index (κ3) is 3.41. The van der Waals surface area contributed by atoms with Gasteiger partial charge in [0.1, 0.15) is 0 Å². The Morgan fingerprint density at radius 3 is 2.06 bits per heavy atom. The Labute approximate surface area is 98.2 Å². The van der Waals surface area contributed by atoms with Crippen LogP contribution in [0.1, 0.15) is 47.0 Å². The number of halogens is 2. The van der Waals surface area contributed by atoms with Crippen molar-refractivity contribution < 1.29 is 8.78 Å². The van der Waals surface area contributed by atoms with Gasteiger partial charge in [0.2, 0.25) is 6.43 Å². The molecule has 1 aliphatic rings. The second-order valence-electron chi connectivity index (χ2n) is 5.60. The van der Waals surface area contributed by atoms with E-state index in [0.29, 0.717) is 30.8 Å². The number of nitrogens with zero attached hydrogens (tertiary/aromatic N) is 1. The second kappa shape index (κ2) is 5.95. The highest BCUT2D eigenvalue weighted by Crippen LogP contribution is 2.30. The largest absolute Gasteiger partial charge is 0.298 e. The van der Waals surface area contributed by atoms with E-state index in [0.717, 1.165) is 13.0 Å². The molecule has 3 heteroatoms. The van der Waals surface area contributed by atoms with Gasteiger partial charge in [0.15, 0.2) is 0 Å². The van der Waals surface area contributed by atoms with Crippen LogP contribution < -0.4 is 0 Å². The first-order valence-electron chi connectivity index (χ1n) is 6.47. The first-order chi connectivity index (χ1) is 7.43. The van der Waals surface area contributed by atoms with Gasteiger partial charge >= 0.3 is 0 Å². The van der Waals surface area contributed by atoms with Gasteiger partial charge in [-0.15, -0.1) is 0 Å². The van der Waals surface area contributed by atoms with Crippen LogP contribution in [0.15, 0.2) is 0 Å². The Morgan fingerprint density at radius 2 is 1.62 bits per heavy atom. The molecule has 0 aromatic heterocycles. The Hall–Kier alpha value is -0.180. The van der Waals surface area contributed by atoms with E-state index >= 15 is 0 Å². The molecule has 0 aliphatic carbocycles. The number of likely N-dealkylation sites (tertiary alicyclic amines) is 1. The minimum absolute atomic E-state index is 0.384. The van der Waals surface area contributed by atoms with Crippen LogP contribution in [-0.4, -0.2) is 30.0 Å². The molecule has 0 aromatic carbocycles. The molecule has 0 N–H and O–H groups in total. The quantitative estimate of drug-likeness (QED) is 0.717. The molecule has 2 unspecified atom stereocenters. The lowest BCUT2D eigenvalue weighted by molar-refractivity contribution is 0.0678. The highest BCUT2D eigenvalue weighted by molar-refractivity contribution is 4.83. The van der Waals surface area contributed by atoms with Crippen LogP contribution in [0.3, 0.4) is 0 Å². The Kier molecular flexibility index (Phi) is 5.16. The maximum atomic E-state index is 12.7. The molecule has 1 aliphatic heterocycles. The standard InChI is InChI=1S/C13H25F2N/c1-9(2)12-6-5-11(13(14)15)7-8-16(12)10(3)4/h9-13H,5-8H2,1-4H3. The molecule has 0 saturated carbocycles. The average molecular weight is 233 g/mol. The maximum Gasteiger partial charge on any atom is 0.241 e. The molecule has 0 bridgehead atoms. The molecule has 2 atom stereocenters. The average Bonchev–Trinajstić information content (AvgIpc) is 2.38. The van der Waals surface area contributed by atoms with Gasteiger partial charge < -0.3 is 0 Å². The lowest BCUT2D eigenvalue weighted by Crippen LogP contribution is -2.42. The van der Waals surface area contributed by atoms with Crippen molar-refractivity contribution >= 4 is 0 Å². The summed E-state index contributed by atoms with van der Waals surface area (Å²) in [4.78, 5) is 2.41. The van der Waals surface area contributed by atoms with E-state index in [1.807, 2.05) is 0 Å². The molecular weight excluding hydrogens is 208 g/mol. The summed E-state index contributed by atoms with van der Waals surface area (Å²) >= 11 is 0. The fraction of sp³-hybridized carbons (Fsp3) is 1.00. The molecule has 1 heterocycles. The zero-order valence-electron chi connectivity index (χ0n) is 10.9. The van der Waals surface area contributed by atoms with Gasteiger partial charge in [-0.3, -0.25) is 4.90 Å². The normalized spacial score (nSPS) is 29.1. The van der Waals surface area contributed by atoms with Crippen molar-refractivity contribution in [1.29, 1.82) is 0 Å². The summed E-state index contributed by atoms with van der Waals surface area (Å²) in [6, 6.07) is 0.938. The van der Waals surface area contributed by atoms with Gasteiger partial charge in [-0.1, -0.05) is 13.8 Å². The predicted octanol–water partition coefficient (Wildman–Crippen LogP) is 3.79. The minimum atomic E-state index is -2.14. The maximum absolute atomic E-state index is 12.7. The molecule has 0 amide bonds. The summed E-state index contributed by atoms with van der Waals surface area (Å²) in [6.07, 6.45) is 0.119. The van der Waals surface area contributed by atoms with Crippen molar-refractivity contribution in [3.8, 4) is 0 Å². The highest BCUT2D eigenvalue weighted by atomic mass is 19.3. The summed E-state index contributed by atoms with van der Waals surface area (Å²) in [5.41, 5.74) is 0. The molecule has 0 aromatic rings. The van der Waals surface area contributed by atoms with Crippen molar-refractivity contribution in [2.24, 2.45) is 11.8 Å². The number of alkyl halides is 2. The van der Waals surface area contributed by atoms with E-state index in [2.05, 4.69) is 32.6 Å². The number of hydrogen-bond donors (Lipinski definition) is 0. The van der Waals surface area contributed by atoms with Crippen molar-refractivity contribution in [3.63, 3.8) is 0 Å².